The summed E-state index contributed by atoms with van der Waals surface area (Å²) in [7, 11) is 1.60. The van der Waals surface area contributed by atoms with Crippen LogP contribution in [0.15, 0.2) is 54.2 Å². The molecule has 2 rings (SSSR count). The fourth-order valence-corrected chi connectivity index (χ4v) is 2.58. The first-order valence-electron chi connectivity index (χ1n) is 8.55. The normalized spacial score (nSPS) is 10.8. The predicted octanol–water partition coefficient (Wildman–Crippen LogP) is 4.28. The number of ether oxygens (including phenoxy) is 1. The highest BCUT2D eigenvalue weighted by atomic mass is 16.5. The first-order chi connectivity index (χ1) is 12.6. The minimum atomic E-state index is -0.427. The van der Waals surface area contributed by atoms with Crippen molar-refractivity contribution in [2.24, 2.45) is 0 Å². The molecule has 2 N–H and O–H groups in total. The summed E-state index contributed by atoms with van der Waals surface area (Å²) in [5.74, 6) is 0.310. The van der Waals surface area contributed by atoms with Gasteiger partial charge in [-0.2, -0.15) is 5.26 Å². The van der Waals surface area contributed by atoms with Gasteiger partial charge < -0.3 is 15.4 Å². The van der Waals surface area contributed by atoms with Crippen molar-refractivity contribution in [3.63, 3.8) is 0 Å². The van der Waals surface area contributed by atoms with Crippen molar-refractivity contribution in [3.05, 3.63) is 65.4 Å². The Hall–Kier alpha value is -3.26. The van der Waals surface area contributed by atoms with E-state index in [0.717, 1.165) is 41.1 Å². The summed E-state index contributed by atoms with van der Waals surface area (Å²) >= 11 is 0. The van der Waals surface area contributed by atoms with Gasteiger partial charge >= 0.3 is 0 Å². The van der Waals surface area contributed by atoms with E-state index in [1.54, 1.807) is 19.2 Å². The average molecular weight is 349 g/mol. The van der Waals surface area contributed by atoms with Crippen LogP contribution in [0.2, 0.25) is 0 Å². The molecule has 0 saturated carbocycles. The van der Waals surface area contributed by atoms with E-state index in [2.05, 4.69) is 10.6 Å². The molecular weight excluding hydrogens is 326 g/mol. The van der Waals surface area contributed by atoms with Gasteiger partial charge in [0.05, 0.1) is 7.11 Å². The molecule has 0 saturated heterocycles. The quantitative estimate of drug-likeness (QED) is 0.578. The second kappa shape index (κ2) is 9.28. The molecule has 1 amide bonds. The van der Waals surface area contributed by atoms with Crippen LogP contribution in [-0.2, 0) is 17.6 Å². The number of carbonyl (C=O) groups is 1. The monoisotopic (exact) mass is 349 g/mol. The minimum absolute atomic E-state index is 0.00813. The molecule has 0 heterocycles. The highest BCUT2D eigenvalue weighted by Gasteiger charge is 2.13. The van der Waals surface area contributed by atoms with Gasteiger partial charge in [-0.1, -0.05) is 32.0 Å². The zero-order valence-corrected chi connectivity index (χ0v) is 15.3. The van der Waals surface area contributed by atoms with E-state index < -0.39 is 5.91 Å². The Morgan fingerprint density at radius 2 is 1.73 bits per heavy atom. The molecule has 0 unspecified atom stereocenters. The van der Waals surface area contributed by atoms with Gasteiger partial charge in [0.1, 0.15) is 17.4 Å². The van der Waals surface area contributed by atoms with Gasteiger partial charge in [-0.15, -0.1) is 0 Å². The topological polar surface area (TPSA) is 74.2 Å². The van der Waals surface area contributed by atoms with Crippen molar-refractivity contribution in [2.75, 3.05) is 17.7 Å². The van der Waals surface area contributed by atoms with Crippen molar-refractivity contribution < 1.29 is 9.53 Å². The van der Waals surface area contributed by atoms with Crippen LogP contribution >= 0.6 is 0 Å². The molecule has 0 aliphatic rings. The Balaban J connectivity index is 2.17. The van der Waals surface area contributed by atoms with E-state index in [1.165, 1.54) is 6.20 Å². The SMILES string of the molecule is CCc1cccc(CC)c1NC(=O)/C(C#N)=C\Nc1ccc(OC)cc1. The lowest BCUT2D eigenvalue weighted by atomic mass is 10.0. The number of rotatable bonds is 7. The molecule has 5 nitrogen and oxygen atoms in total. The molecule has 0 fully saturated rings. The standard InChI is InChI=1S/C21H23N3O2/c1-4-15-7-6-8-16(5-2)20(15)24-21(25)17(13-22)14-23-18-9-11-19(26-3)12-10-18/h6-12,14,23H,4-5H2,1-3H3,(H,24,25)/b17-14-. The maximum atomic E-state index is 12.5. The molecule has 26 heavy (non-hydrogen) atoms. The second-order valence-corrected chi connectivity index (χ2v) is 5.66. The molecule has 134 valence electrons. The number of para-hydroxylation sites is 1. The molecule has 0 atom stereocenters. The number of nitriles is 1. The lowest BCUT2D eigenvalue weighted by molar-refractivity contribution is -0.112. The summed E-state index contributed by atoms with van der Waals surface area (Å²) in [5, 5.41) is 15.2. The van der Waals surface area contributed by atoms with Crippen molar-refractivity contribution in [1.29, 1.82) is 5.26 Å². The molecule has 0 aliphatic carbocycles. The number of benzene rings is 2. The number of aryl methyl sites for hydroxylation is 2. The van der Waals surface area contributed by atoms with E-state index in [-0.39, 0.29) is 5.57 Å². The van der Waals surface area contributed by atoms with Crippen molar-refractivity contribution >= 4 is 17.3 Å². The van der Waals surface area contributed by atoms with Crippen LogP contribution in [0.25, 0.3) is 0 Å². The molecule has 0 radical (unpaired) electrons. The van der Waals surface area contributed by atoms with Crippen LogP contribution in [0.4, 0.5) is 11.4 Å². The highest BCUT2D eigenvalue weighted by molar-refractivity contribution is 6.07. The first-order valence-corrected chi connectivity index (χ1v) is 8.55. The Kier molecular flexibility index (Phi) is 6.81. The first kappa shape index (κ1) is 19.1. The van der Waals surface area contributed by atoms with Gasteiger partial charge in [0.25, 0.3) is 5.91 Å². The van der Waals surface area contributed by atoms with E-state index in [9.17, 15) is 10.1 Å². The van der Waals surface area contributed by atoms with Crippen molar-refractivity contribution in [2.45, 2.75) is 26.7 Å². The van der Waals surface area contributed by atoms with E-state index in [0.29, 0.717) is 0 Å². The third-order valence-electron chi connectivity index (χ3n) is 4.08. The third-order valence-corrected chi connectivity index (χ3v) is 4.08. The summed E-state index contributed by atoms with van der Waals surface area (Å²) in [4.78, 5) is 12.5. The van der Waals surface area contributed by atoms with E-state index in [1.807, 2.05) is 50.2 Å². The number of amides is 1. The maximum Gasteiger partial charge on any atom is 0.267 e. The fourth-order valence-electron chi connectivity index (χ4n) is 2.58. The smallest absolute Gasteiger partial charge is 0.267 e. The lowest BCUT2D eigenvalue weighted by Gasteiger charge is -2.14. The van der Waals surface area contributed by atoms with Crippen molar-refractivity contribution in [1.82, 2.24) is 0 Å². The summed E-state index contributed by atoms with van der Waals surface area (Å²) in [6.45, 7) is 4.08. The van der Waals surface area contributed by atoms with Gasteiger partial charge in [0, 0.05) is 17.6 Å². The van der Waals surface area contributed by atoms with Gasteiger partial charge in [-0.05, 0) is 48.2 Å². The van der Waals surface area contributed by atoms with Crippen LogP contribution in [0.3, 0.4) is 0 Å². The fraction of sp³-hybridized carbons (Fsp3) is 0.238. The number of nitrogens with zero attached hydrogens (tertiary/aromatic N) is 1. The number of anilines is 2. The summed E-state index contributed by atoms with van der Waals surface area (Å²) in [6.07, 6.45) is 3.02. The Bertz CT molecular complexity index is 811. The Morgan fingerprint density at radius 3 is 2.23 bits per heavy atom. The maximum absolute atomic E-state index is 12.5. The largest absolute Gasteiger partial charge is 0.497 e. The van der Waals surface area contributed by atoms with Crippen LogP contribution in [0.1, 0.15) is 25.0 Å². The van der Waals surface area contributed by atoms with Crippen molar-refractivity contribution in [3.8, 4) is 11.8 Å². The number of hydrogen-bond acceptors (Lipinski definition) is 4. The molecule has 5 heteroatoms. The van der Waals surface area contributed by atoms with Crippen LogP contribution < -0.4 is 15.4 Å². The summed E-state index contributed by atoms with van der Waals surface area (Å²) in [6, 6.07) is 15.1. The number of hydrogen-bond donors (Lipinski definition) is 2. The number of carbonyl (C=O) groups excluding carboxylic acids is 1. The number of nitrogens with one attached hydrogen (secondary N) is 2. The third kappa shape index (κ3) is 4.64. The molecular formula is C21H23N3O2. The van der Waals surface area contributed by atoms with Crippen LogP contribution in [0.5, 0.6) is 5.75 Å². The van der Waals surface area contributed by atoms with Gasteiger partial charge in [0.2, 0.25) is 0 Å². The predicted molar refractivity (Wildman–Crippen MR) is 104 cm³/mol. The Labute approximate surface area is 154 Å². The molecule has 2 aromatic rings. The lowest BCUT2D eigenvalue weighted by Crippen LogP contribution is -2.17. The van der Waals surface area contributed by atoms with E-state index >= 15 is 0 Å². The molecule has 0 aromatic heterocycles. The highest BCUT2D eigenvalue weighted by Crippen LogP contribution is 2.23. The van der Waals surface area contributed by atoms with Crippen LogP contribution in [-0.4, -0.2) is 13.0 Å². The van der Waals surface area contributed by atoms with E-state index in [4.69, 9.17) is 4.74 Å². The minimum Gasteiger partial charge on any atom is -0.497 e. The summed E-state index contributed by atoms with van der Waals surface area (Å²) in [5.41, 5.74) is 3.67. The second-order valence-electron chi connectivity index (χ2n) is 5.66. The van der Waals surface area contributed by atoms with Crippen LogP contribution in [0, 0.1) is 11.3 Å². The zero-order valence-electron chi connectivity index (χ0n) is 15.3. The zero-order chi connectivity index (χ0) is 18.9. The molecule has 2 aromatic carbocycles. The molecule has 0 spiro atoms. The van der Waals surface area contributed by atoms with Gasteiger partial charge in [-0.25, -0.2) is 0 Å². The Morgan fingerprint density at radius 1 is 1.12 bits per heavy atom. The number of methoxy groups -OCH3 is 1. The van der Waals surface area contributed by atoms with Gasteiger partial charge in [-0.3, -0.25) is 4.79 Å². The molecule has 0 aliphatic heterocycles. The molecule has 0 bridgehead atoms. The van der Waals surface area contributed by atoms with Gasteiger partial charge in [0.15, 0.2) is 0 Å². The average Bonchev–Trinajstić information content (AvgIpc) is 2.69. The summed E-state index contributed by atoms with van der Waals surface area (Å²) < 4.78 is 5.10.